The Morgan fingerprint density at radius 2 is 1.71 bits per heavy atom. The van der Waals surface area contributed by atoms with Gasteiger partial charge in [-0.1, -0.05) is 78.3 Å². The highest BCUT2D eigenvalue weighted by Gasteiger charge is 2.26. The van der Waals surface area contributed by atoms with Crippen LogP contribution in [0.15, 0.2) is 103 Å². The number of amides is 1. The minimum atomic E-state index is -0.650. The summed E-state index contributed by atoms with van der Waals surface area (Å²) in [5, 5.41) is 14.7. The predicted molar refractivity (Wildman–Crippen MR) is 168 cm³/mol. The third kappa shape index (κ3) is 8.82. The predicted octanol–water partition coefficient (Wildman–Crippen LogP) is 7.26. The summed E-state index contributed by atoms with van der Waals surface area (Å²) in [6, 6.07) is 33.7. The summed E-state index contributed by atoms with van der Waals surface area (Å²) >= 11 is 6.22. The molecule has 7 heteroatoms. The summed E-state index contributed by atoms with van der Waals surface area (Å²) in [6.07, 6.45) is 3.28. The minimum Gasteiger partial charge on any atom is -0.484 e. The number of benzene rings is 4. The number of nitrogens with one attached hydrogen (secondary N) is 1. The van der Waals surface area contributed by atoms with Crippen LogP contribution in [-0.2, 0) is 24.2 Å². The molecule has 0 bridgehead atoms. The van der Waals surface area contributed by atoms with Gasteiger partial charge < -0.3 is 15.2 Å². The van der Waals surface area contributed by atoms with Gasteiger partial charge in [-0.15, -0.1) is 12.4 Å². The molecule has 1 unspecified atom stereocenters. The summed E-state index contributed by atoms with van der Waals surface area (Å²) in [7, 11) is 0. The van der Waals surface area contributed by atoms with Gasteiger partial charge in [-0.3, -0.25) is 9.69 Å². The highest BCUT2D eigenvalue weighted by Crippen LogP contribution is 2.30. The standard InChI is InChI=1S/C34H35ClN2O3.ClH/c35-29-13-7-12-27(19-29)33(38)23-37(22-25-9-3-1-4-10-25)31-16-8-11-26-17-18-32(21-28(26)20-31)40-24-34(39)36-30-14-5-2-6-15-30;/h1-7,9-10,12-15,17-19,21,31,33,38H,8,11,16,20,22-24H2,(H,36,39);1H/t31?,33-;/m0./s1. The van der Waals surface area contributed by atoms with E-state index in [9.17, 15) is 9.90 Å². The van der Waals surface area contributed by atoms with Gasteiger partial charge >= 0.3 is 0 Å². The van der Waals surface area contributed by atoms with E-state index in [4.69, 9.17) is 16.3 Å². The van der Waals surface area contributed by atoms with E-state index in [0.29, 0.717) is 17.3 Å². The van der Waals surface area contributed by atoms with Crippen LogP contribution >= 0.6 is 24.0 Å². The monoisotopic (exact) mass is 590 g/mol. The van der Waals surface area contributed by atoms with Crippen LogP contribution in [-0.4, -0.2) is 35.1 Å². The number of aliphatic hydroxyl groups excluding tert-OH is 1. The number of hydrogen-bond acceptors (Lipinski definition) is 4. The lowest BCUT2D eigenvalue weighted by atomic mass is 9.99. The number of aryl methyl sites for hydroxylation is 1. The summed E-state index contributed by atoms with van der Waals surface area (Å²) in [4.78, 5) is 14.8. The third-order valence-electron chi connectivity index (χ3n) is 7.43. The van der Waals surface area contributed by atoms with Crippen molar-refractivity contribution in [3.8, 4) is 5.75 Å². The second-order valence-electron chi connectivity index (χ2n) is 10.4. The number of halogens is 2. The molecule has 0 saturated heterocycles. The molecular formula is C34H36Cl2N2O3. The molecule has 0 fully saturated rings. The van der Waals surface area contributed by atoms with E-state index in [2.05, 4.69) is 46.6 Å². The number of para-hydroxylation sites is 1. The van der Waals surface area contributed by atoms with Gasteiger partial charge in [0.25, 0.3) is 5.91 Å². The van der Waals surface area contributed by atoms with E-state index in [-0.39, 0.29) is 31.0 Å². The Morgan fingerprint density at radius 1 is 0.951 bits per heavy atom. The Morgan fingerprint density at radius 3 is 2.46 bits per heavy atom. The van der Waals surface area contributed by atoms with Gasteiger partial charge in [0, 0.05) is 29.8 Å². The summed E-state index contributed by atoms with van der Waals surface area (Å²) in [5.41, 5.74) is 5.34. The van der Waals surface area contributed by atoms with Crippen molar-refractivity contribution in [1.29, 1.82) is 0 Å². The number of anilines is 1. The number of ether oxygens (including phenoxy) is 1. The first kappa shape index (κ1) is 30.6. The topological polar surface area (TPSA) is 61.8 Å². The van der Waals surface area contributed by atoms with Crippen molar-refractivity contribution in [2.45, 2.75) is 44.4 Å². The maximum absolute atomic E-state index is 12.4. The molecule has 5 nitrogen and oxygen atoms in total. The molecule has 0 radical (unpaired) electrons. The van der Waals surface area contributed by atoms with E-state index in [1.54, 1.807) is 0 Å². The van der Waals surface area contributed by atoms with Crippen LogP contribution in [0.4, 0.5) is 5.69 Å². The Hall–Kier alpha value is -3.35. The molecule has 1 aliphatic rings. The Bertz CT molecular complexity index is 1400. The lowest BCUT2D eigenvalue weighted by Gasteiger charge is -2.33. The first-order chi connectivity index (χ1) is 19.5. The molecule has 1 aliphatic carbocycles. The molecule has 5 rings (SSSR count). The summed E-state index contributed by atoms with van der Waals surface area (Å²) in [5.74, 6) is 0.499. The van der Waals surface area contributed by atoms with Gasteiger partial charge in [-0.25, -0.2) is 0 Å². The van der Waals surface area contributed by atoms with E-state index in [0.717, 1.165) is 43.5 Å². The number of fused-ring (bicyclic) bond motifs is 1. The van der Waals surface area contributed by atoms with E-state index in [1.807, 2.05) is 66.7 Å². The zero-order chi connectivity index (χ0) is 27.7. The van der Waals surface area contributed by atoms with Crippen molar-refractivity contribution in [2.75, 3.05) is 18.5 Å². The van der Waals surface area contributed by atoms with Gasteiger partial charge in [0.05, 0.1) is 6.10 Å². The second kappa shape index (κ2) is 15.0. The molecule has 0 saturated carbocycles. The molecule has 4 aromatic carbocycles. The Balaban J connectivity index is 0.00000387. The average Bonchev–Trinajstić information content (AvgIpc) is 3.19. The molecule has 0 spiro atoms. The van der Waals surface area contributed by atoms with Crippen molar-refractivity contribution >= 4 is 35.6 Å². The zero-order valence-corrected chi connectivity index (χ0v) is 24.5. The van der Waals surface area contributed by atoms with Crippen molar-refractivity contribution in [3.05, 3.63) is 130 Å². The van der Waals surface area contributed by atoms with Crippen molar-refractivity contribution in [1.82, 2.24) is 4.90 Å². The van der Waals surface area contributed by atoms with Crippen LogP contribution < -0.4 is 10.1 Å². The van der Waals surface area contributed by atoms with Gasteiger partial charge in [0.2, 0.25) is 0 Å². The molecule has 1 amide bonds. The second-order valence-corrected chi connectivity index (χ2v) is 10.8. The maximum Gasteiger partial charge on any atom is 0.262 e. The zero-order valence-electron chi connectivity index (χ0n) is 22.9. The lowest BCUT2D eigenvalue weighted by molar-refractivity contribution is -0.118. The Kier molecular flexibility index (Phi) is 11.2. The van der Waals surface area contributed by atoms with E-state index in [1.165, 1.54) is 16.7 Å². The van der Waals surface area contributed by atoms with Crippen LogP contribution in [0.25, 0.3) is 0 Å². The van der Waals surface area contributed by atoms with E-state index >= 15 is 0 Å². The van der Waals surface area contributed by atoms with E-state index < -0.39 is 6.10 Å². The minimum absolute atomic E-state index is 0. The van der Waals surface area contributed by atoms with Crippen LogP contribution in [0.2, 0.25) is 5.02 Å². The fourth-order valence-electron chi connectivity index (χ4n) is 5.39. The number of nitrogens with zero attached hydrogens (tertiary/aromatic N) is 1. The molecule has 41 heavy (non-hydrogen) atoms. The molecule has 4 aromatic rings. The van der Waals surface area contributed by atoms with Crippen molar-refractivity contribution < 1.29 is 14.6 Å². The van der Waals surface area contributed by atoms with Gasteiger partial charge in [-0.05, 0) is 84.3 Å². The molecule has 2 N–H and O–H groups in total. The van der Waals surface area contributed by atoms with Gasteiger partial charge in [0.1, 0.15) is 5.75 Å². The smallest absolute Gasteiger partial charge is 0.262 e. The molecule has 2 atom stereocenters. The Labute approximate surface area is 253 Å². The summed E-state index contributed by atoms with van der Waals surface area (Å²) in [6.45, 7) is 1.20. The SMILES string of the molecule is Cl.O=C(COc1ccc2c(c1)CC(N(Cc1ccccc1)C[C@H](O)c1cccc(Cl)c1)CCC2)Nc1ccccc1. The molecule has 214 valence electrons. The average molecular weight is 592 g/mol. The molecule has 0 aliphatic heterocycles. The summed E-state index contributed by atoms with van der Waals surface area (Å²) < 4.78 is 5.89. The van der Waals surface area contributed by atoms with Crippen molar-refractivity contribution in [3.63, 3.8) is 0 Å². The number of aliphatic hydroxyl groups is 1. The fourth-order valence-corrected chi connectivity index (χ4v) is 5.59. The first-order valence-corrected chi connectivity index (χ1v) is 14.2. The van der Waals surface area contributed by atoms with Crippen LogP contribution in [0.1, 0.15) is 41.2 Å². The lowest BCUT2D eigenvalue weighted by Crippen LogP contribution is -2.39. The largest absolute Gasteiger partial charge is 0.484 e. The number of carbonyl (C=O) groups excluding carboxylic acids is 1. The highest BCUT2D eigenvalue weighted by atomic mass is 35.5. The van der Waals surface area contributed by atoms with Crippen LogP contribution in [0, 0.1) is 0 Å². The number of hydrogen-bond donors (Lipinski definition) is 2. The van der Waals surface area contributed by atoms with Gasteiger partial charge in [-0.2, -0.15) is 0 Å². The first-order valence-electron chi connectivity index (χ1n) is 13.8. The number of carbonyl (C=O) groups is 1. The van der Waals surface area contributed by atoms with Gasteiger partial charge in [0.15, 0.2) is 6.61 Å². The molecule has 0 heterocycles. The third-order valence-corrected chi connectivity index (χ3v) is 7.67. The van der Waals surface area contributed by atoms with Crippen LogP contribution in [0.5, 0.6) is 5.75 Å². The van der Waals surface area contributed by atoms with Crippen LogP contribution in [0.3, 0.4) is 0 Å². The molecular weight excluding hydrogens is 555 g/mol. The maximum atomic E-state index is 12.4. The molecule has 0 aromatic heterocycles. The quantitative estimate of drug-likeness (QED) is 0.191. The highest BCUT2D eigenvalue weighted by molar-refractivity contribution is 6.30. The normalized spacial score (nSPS) is 15.2. The van der Waals surface area contributed by atoms with Crippen molar-refractivity contribution in [2.24, 2.45) is 0 Å². The fraction of sp³-hybridized carbons (Fsp3) is 0.265. The number of rotatable bonds is 10.